The molecule has 0 N–H and O–H groups in total. The molecule has 0 atom stereocenters. The van der Waals surface area contributed by atoms with E-state index in [1.54, 1.807) is 0 Å². The molecule has 0 spiro atoms. The van der Waals surface area contributed by atoms with E-state index in [0.717, 1.165) is 34.1 Å². The minimum absolute atomic E-state index is 1.11. The zero-order valence-corrected chi connectivity index (χ0v) is 32.1. The molecule has 0 bridgehead atoms. The number of thiophene rings is 1. The zero-order chi connectivity index (χ0) is 38.0. The zero-order valence-electron chi connectivity index (χ0n) is 31.2. The summed E-state index contributed by atoms with van der Waals surface area (Å²) < 4.78 is 2.66. The van der Waals surface area contributed by atoms with Gasteiger partial charge < -0.3 is 9.80 Å². The second kappa shape index (κ2) is 15.1. The van der Waals surface area contributed by atoms with Crippen LogP contribution in [0.4, 0.5) is 34.1 Å². The van der Waals surface area contributed by atoms with Crippen LogP contribution in [-0.4, -0.2) is 0 Å². The van der Waals surface area contributed by atoms with E-state index >= 15 is 0 Å². The monoisotopic (exact) mass is 746 g/mol. The summed E-state index contributed by atoms with van der Waals surface area (Å²) in [6.45, 7) is 0. The van der Waals surface area contributed by atoms with Gasteiger partial charge in [0.15, 0.2) is 0 Å². The summed E-state index contributed by atoms with van der Waals surface area (Å²) in [5.74, 6) is 0. The molecule has 0 unspecified atom stereocenters. The predicted molar refractivity (Wildman–Crippen MR) is 245 cm³/mol. The lowest BCUT2D eigenvalue weighted by Crippen LogP contribution is -2.10. The largest absolute Gasteiger partial charge is 0.311 e. The fourth-order valence-corrected chi connectivity index (χ4v) is 9.09. The van der Waals surface area contributed by atoms with E-state index in [9.17, 15) is 0 Å². The lowest BCUT2D eigenvalue weighted by Gasteiger charge is -2.26. The minimum Gasteiger partial charge on any atom is -0.311 e. The van der Waals surface area contributed by atoms with Crippen LogP contribution in [0, 0.1) is 0 Å². The van der Waals surface area contributed by atoms with Gasteiger partial charge in [-0.2, -0.15) is 0 Å². The van der Waals surface area contributed by atoms with Crippen LogP contribution in [0.25, 0.3) is 53.6 Å². The molecule has 0 amide bonds. The molecule has 1 heterocycles. The van der Waals surface area contributed by atoms with Gasteiger partial charge in [0.05, 0.1) is 0 Å². The Labute approximate surface area is 337 Å². The second-order valence-electron chi connectivity index (χ2n) is 14.2. The summed E-state index contributed by atoms with van der Waals surface area (Å²) in [5, 5.41) is 2.64. The third kappa shape index (κ3) is 6.75. The smallest absolute Gasteiger partial charge is 0.0462 e. The number of rotatable bonds is 9. The van der Waals surface area contributed by atoms with Crippen LogP contribution in [-0.2, 0) is 0 Å². The van der Waals surface area contributed by atoms with Gasteiger partial charge in [-0.25, -0.2) is 0 Å². The highest BCUT2D eigenvalue weighted by Gasteiger charge is 2.16. The summed E-state index contributed by atoms with van der Waals surface area (Å²) >= 11 is 1.87. The summed E-state index contributed by atoms with van der Waals surface area (Å²) in [5.41, 5.74) is 13.9. The van der Waals surface area contributed by atoms with Crippen molar-refractivity contribution in [2.75, 3.05) is 9.80 Å². The van der Waals surface area contributed by atoms with Crippen LogP contribution in [0.15, 0.2) is 231 Å². The van der Waals surface area contributed by atoms with Gasteiger partial charge in [-0.05, 0) is 112 Å². The van der Waals surface area contributed by atoms with Crippen LogP contribution < -0.4 is 9.80 Å². The second-order valence-corrected chi connectivity index (χ2v) is 15.2. The molecule has 10 rings (SSSR count). The van der Waals surface area contributed by atoms with Crippen molar-refractivity contribution in [3.8, 4) is 33.4 Å². The van der Waals surface area contributed by atoms with Gasteiger partial charge in [-0.15, -0.1) is 11.3 Å². The standard InChI is InChI=1S/C54H38N2S/c1-4-13-39(14-5-1)40-23-31-46(32-24-40)55(44-15-6-2-7-16-44)47-33-25-41(26-34-47)42-27-35-48(36-28-42)56(45-17-8-3-9-18-45)49-37-29-43(30-38-49)50-20-12-21-52-51-19-10-11-22-53(51)57-54(50)52/h1-38H. The SMILES string of the molecule is c1ccc(-c2ccc(N(c3ccccc3)c3ccc(-c4ccc(N(c5ccccc5)c5ccc(-c6cccc7c6sc6ccccc67)cc5)cc4)cc3)cc2)cc1. The van der Waals surface area contributed by atoms with E-state index < -0.39 is 0 Å². The Balaban J connectivity index is 0.940. The van der Waals surface area contributed by atoms with Crippen molar-refractivity contribution in [3.05, 3.63) is 231 Å². The van der Waals surface area contributed by atoms with Gasteiger partial charge in [-0.3, -0.25) is 0 Å². The van der Waals surface area contributed by atoms with E-state index in [-0.39, 0.29) is 0 Å². The average molecular weight is 747 g/mol. The Morgan fingerprint density at radius 3 is 1.07 bits per heavy atom. The van der Waals surface area contributed by atoms with Crippen molar-refractivity contribution in [2.45, 2.75) is 0 Å². The molecule has 57 heavy (non-hydrogen) atoms. The summed E-state index contributed by atoms with van der Waals surface area (Å²) in [6, 6.07) is 82.7. The molecule has 0 saturated carbocycles. The van der Waals surface area contributed by atoms with E-state index in [2.05, 4.69) is 240 Å². The molecule has 0 aliphatic carbocycles. The third-order valence-corrected chi connectivity index (χ3v) is 11.9. The number of anilines is 6. The van der Waals surface area contributed by atoms with Gasteiger partial charge in [0.2, 0.25) is 0 Å². The topological polar surface area (TPSA) is 6.48 Å². The van der Waals surface area contributed by atoms with E-state index in [4.69, 9.17) is 0 Å². The maximum Gasteiger partial charge on any atom is 0.0462 e. The molecule has 0 radical (unpaired) electrons. The highest BCUT2D eigenvalue weighted by molar-refractivity contribution is 7.26. The van der Waals surface area contributed by atoms with Crippen LogP contribution in [0.3, 0.4) is 0 Å². The normalized spacial score (nSPS) is 11.2. The van der Waals surface area contributed by atoms with Crippen molar-refractivity contribution in [3.63, 3.8) is 0 Å². The maximum atomic E-state index is 2.33. The quantitative estimate of drug-likeness (QED) is 0.145. The first-order chi connectivity index (χ1) is 28.3. The molecular formula is C54H38N2S. The van der Waals surface area contributed by atoms with Gasteiger partial charge >= 0.3 is 0 Å². The summed E-state index contributed by atoms with van der Waals surface area (Å²) in [4.78, 5) is 4.64. The molecule has 9 aromatic carbocycles. The molecule has 1 aromatic heterocycles. The first-order valence-corrected chi connectivity index (χ1v) is 20.2. The average Bonchev–Trinajstić information content (AvgIpc) is 3.68. The summed E-state index contributed by atoms with van der Waals surface area (Å²) in [6.07, 6.45) is 0. The Morgan fingerprint density at radius 1 is 0.246 bits per heavy atom. The first-order valence-electron chi connectivity index (χ1n) is 19.3. The van der Waals surface area contributed by atoms with Gasteiger partial charge in [-0.1, -0.05) is 152 Å². The van der Waals surface area contributed by atoms with E-state index in [1.807, 2.05) is 11.3 Å². The van der Waals surface area contributed by atoms with Gasteiger partial charge in [0, 0.05) is 54.3 Å². The Morgan fingerprint density at radius 2 is 0.596 bits per heavy atom. The fraction of sp³-hybridized carbons (Fsp3) is 0. The van der Waals surface area contributed by atoms with Gasteiger partial charge in [0.1, 0.15) is 0 Å². The molecule has 10 aromatic rings. The Hall–Kier alpha value is -7.20. The molecule has 3 heteroatoms. The van der Waals surface area contributed by atoms with Crippen LogP contribution in [0.1, 0.15) is 0 Å². The van der Waals surface area contributed by atoms with Crippen molar-refractivity contribution < 1.29 is 0 Å². The van der Waals surface area contributed by atoms with Gasteiger partial charge in [0.25, 0.3) is 0 Å². The van der Waals surface area contributed by atoms with Crippen LogP contribution in [0.5, 0.6) is 0 Å². The molecule has 270 valence electrons. The molecule has 0 saturated heterocycles. The lowest BCUT2D eigenvalue weighted by atomic mass is 10.0. The van der Waals surface area contributed by atoms with Crippen LogP contribution >= 0.6 is 11.3 Å². The lowest BCUT2D eigenvalue weighted by molar-refractivity contribution is 1.28. The molecule has 0 aliphatic heterocycles. The summed E-state index contributed by atoms with van der Waals surface area (Å²) in [7, 11) is 0. The van der Waals surface area contributed by atoms with Crippen LogP contribution in [0.2, 0.25) is 0 Å². The molecule has 2 nitrogen and oxygen atoms in total. The van der Waals surface area contributed by atoms with Crippen molar-refractivity contribution in [2.24, 2.45) is 0 Å². The fourth-order valence-electron chi connectivity index (χ4n) is 7.85. The number of para-hydroxylation sites is 2. The number of hydrogen-bond donors (Lipinski definition) is 0. The number of fused-ring (bicyclic) bond motifs is 3. The predicted octanol–water partition coefficient (Wildman–Crippen LogP) is 16.0. The Bertz CT molecular complexity index is 2900. The maximum absolute atomic E-state index is 2.33. The molecular weight excluding hydrogens is 709 g/mol. The first kappa shape index (κ1) is 34.3. The number of nitrogens with zero attached hydrogens (tertiary/aromatic N) is 2. The van der Waals surface area contributed by atoms with Crippen molar-refractivity contribution in [1.29, 1.82) is 0 Å². The highest BCUT2D eigenvalue weighted by atomic mass is 32.1. The van der Waals surface area contributed by atoms with E-state index in [1.165, 1.54) is 53.6 Å². The van der Waals surface area contributed by atoms with Crippen molar-refractivity contribution >= 4 is 65.6 Å². The molecule has 0 fully saturated rings. The third-order valence-electron chi connectivity index (χ3n) is 10.7. The van der Waals surface area contributed by atoms with E-state index in [0.29, 0.717) is 0 Å². The van der Waals surface area contributed by atoms with Crippen molar-refractivity contribution in [1.82, 2.24) is 0 Å². The molecule has 0 aliphatic rings. The minimum atomic E-state index is 1.11. The Kier molecular flexibility index (Phi) is 9.11. The highest BCUT2D eigenvalue weighted by Crippen LogP contribution is 2.42. The number of hydrogen-bond acceptors (Lipinski definition) is 3. The number of benzene rings is 9.